The van der Waals surface area contributed by atoms with Gasteiger partial charge in [-0.2, -0.15) is 11.8 Å². The molecule has 0 saturated carbocycles. The number of hydrogen-bond acceptors (Lipinski definition) is 4. The molecule has 1 heterocycles. The Morgan fingerprint density at radius 3 is 2.80 bits per heavy atom. The zero-order chi connectivity index (χ0) is 13.5. The topological polar surface area (TPSA) is 50.4 Å². The normalized spacial score (nSPS) is 18.1. The minimum Gasteiger partial charge on any atom is -0.378 e. The fourth-order valence-electron chi connectivity index (χ4n) is 2.04. The molecule has 1 atom stereocenters. The summed E-state index contributed by atoms with van der Waals surface area (Å²) in [6, 6.07) is 8.13. The SMILES string of the molecule is CSCc1ccc(NC(=O)CC2COCCN2)cc1.Cl. The van der Waals surface area contributed by atoms with Gasteiger partial charge in [-0.25, -0.2) is 0 Å². The average Bonchev–Trinajstić information content (AvgIpc) is 2.42. The van der Waals surface area contributed by atoms with E-state index < -0.39 is 0 Å². The monoisotopic (exact) mass is 316 g/mol. The summed E-state index contributed by atoms with van der Waals surface area (Å²) in [6.07, 6.45) is 2.53. The third kappa shape index (κ3) is 5.71. The molecule has 0 aliphatic carbocycles. The van der Waals surface area contributed by atoms with Gasteiger partial charge in [0.15, 0.2) is 0 Å². The van der Waals surface area contributed by atoms with E-state index in [9.17, 15) is 4.79 Å². The number of carbonyl (C=O) groups excluding carboxylic acids is 1. The third-order valence-corrected chi connectivity index (χ3v) is 3.60. The number of hydrogen-bond donors (Lipinski definition) is 2. The second-order valence-corrected chi connectivity index (χ2v) is 5.47. The zero-order valence-electron chi connectivity index (χ0n) is 11.6. The molecule has 1 aromatic carbocycles. The van der Waals surface area contributed by atoms with E-state index in [0.29, 0.717) is 13.0 Å². The number of anilines is 1. The van der Waals surface area contributed by atoms with Crippen molar-refractivity contribution >= 4 is 35.8 Å². The fraction of sp³-hybridized carbons (Fsp3) is 0.500. The van der Waals surface area contributed by atoms with E-state index in [1.165, 1.54) is 5.56 Å². The molecule has 1 aliphatic heterocycles. The molecular weight excluding hydrogens is 296 g/mol. The van der Waals surface area contributed by atoms with E-state index in [1.54, 1.807) is 11.8 Å². The van der Waals surface area contributed by atoms with E-state index in [2.05, 4.69) is 16.9 Å². The lowest BCUT2D eigenvalue weighted by Gasteiger charge is -2.23. The molecule has 1 amide bonds. The summed E-state index contributed by atoms with van der Waals surface area (Å²) < 4.78 is 5.33. The van der Waals surface area contributed by atoms with Crippen LogP contribution in [-0.2, 0) is 15.3 Å². The van der Waals surface area contributed by atoms with Crippen LogP contribution < -0.4 is 10.6 Å². The smallest absolute Gasteiger partial charge is 0.226 e. The lowest BCUT2D eigenvalue weighted by atomic mass is 10.2. The second-order valence-electron chi connectivity index (χ2n) is 4.61. The first-order valence-corrected chi connectivity index (χ1v) is 7.86. The molecule has 1 saturated heterocycles. The second kappa shape index (κ2) is 9.23. The van der Waals surface area contributed by atoms with Crippen molar-refractivity contribution in [3.8, 4) is 0 Å². The summed E-state index contributed by atoms with van der Waals surface area (Å²) in [4.78, 5) is 11.9. The molecule has 0 radical (unpaired) electrons. The maximum Gasteiger partial charge on any atom is 0.226 e. The highest BCUT2D eigenvalue weighted by molar-refractivity contribution is 7.97. The van der Waals surface area contributed by atoms with Gasteiger partial charge in [0, 0.05) is 30.4 Å². The van der Waals surface area contributed by atoms with Gasteiger partial charge in [0.2, 0.25) is 5.91 Å². The Bertz CT molecular complexity index is 408. The van der Waals surface area contributed by atoms with Crippen molar-refractivity contribution in [3.05, 3.63) is 29.8 Å². The Balaban J connectivity index is 0.00000200. The number of benzene rings is 1. The van der Waals surface area contributed by atoms with Gasteiger partial charge in [0.1, 0.15) is 0 Å². The van der Waals surface area contributed by atoms with E-state index in [1.807, 2.05) is 24.3 Å². The zero-order valence-corrected chi connectivity index (χ0v) is 13.2. The first-order valence-electron chi connectivity index (χ1n) is 6.47. The molecule has 0 spiro atoms. The number of halogens is 1. The summed E-state index contributed by atoms with van der Waals surface area (Å²) in [5.41, 5.74) is 2.12. The first-order chi connectivity index (χ1) is 9.28. The van der Waals surface area contributed by atoms with Gasteiger partial charge in [-0.1, -0.05) is 12.1 Å². The number of morpholine rings is 1. The maximum absolute atomic E-state index is 11.9. The van der Waals surface area contributed by atoms with Crippen molar-refractivity contribution in [1.82, 2.24) is 5.32 Å². The molecule has 20 heavy (non-hydrogen) atoms. The van der Waals surface area contributed by atoms with Crippen LogP contribution in [-0.4, -0.2) is 38.0 Å². The largest absolute Gasteiger partial charge is 0.378 e. The molecule has 2 rings (SSSR count). The van der Waals surface area contributed by atoms with Crippen LogP contribution in [0.1, 0.15) is 12.0 Å². The number of rotatable bonds is 5. The van der Waals surface area contributed by atoms with Crippen molar-refractivity contribution < 1.29 is 9.53 Å². The fourth-order valence-corrected chi connectivity index (χ4v) is 2.56. The number of thioether (sulfide) groups is 1. The number of nitrogens with one attached hydrogen (secondary N) is 2. The first kappa shape index (κ1) is 17.3. The minimum absolute atomic E-state index is 0. The van der Waals surface area contributed by atoms with E-state index in [-0.39, 0.29) is 24.4 Å². The molecule has 1 fully saturated rings. The van der Waals surface area contributed by atoms with Crippen LogP contribution in [0.15, 0.2) is 24.3 Å². The predicted octanol–water partition coefficient (Wildman–Crippen LogP) is 2.29. The highest BCUT2D eigenvalue weighted by Gasteiger charge is 2.16. The van der Waals surface area contributed by atoms with Crippen molar-refractivity contribution in [3.63, 3.8) is 0 Å². The molecule has 0 bridgehead atoms. The molecule has 2 N–H and O–H groups in total. The highest BCUT2D eigenvalue weighted by Crippen LogP contribution is 2.14. The lowest BCUT2D eigenvalue weighted by molar-refractivity contribution is -0.117. The Kier molecular flexibility index (Phi) is 7.99. The molecule has 1 unspecified atom stereocenters. The quantitative estimate of drug-likeness (QED) is 0.875. The Morgan fingerprint density at radius 2 is 2.20 bits per heavy atom. The molecule has 6 heteroatoms. The highest BCUT2D eigenvalue weighted by atomic mass is 35.5. The van der Waals surface area contributed by atoms with Gasteiger partial charge in [0.05, 0.1) is 13.2 Å². The Morgan fingerprint density at radius 1 is 1.45 bits per heavy atom. The summed E-state index contributed by atoms with van der Waals surface area (Å²) in [5.74, 6) is 1.03. The average molecular weight is 317 g/mol. The van der Waals surface area contributed by atoms with Crippen molar-refractivity contribution in [2.24, 2.45) is 0 Å². The van der Waals surface area contributed by atoms with Gasteiger partial charge < -0.3 is 15.4 Å². The molecule has 112 valence electrons. The van der Waals surface area contributed by atoms with E-state index in [4.69, 9.17) is 4.74 Å². The van der Waals surface area contributed by atoms with E-state index in [0.717, 1.165) is 24.6 Å². The predicted molar refractivity (Wildman–Crippen MR) is 86.8 cm³/mol. The van der Waals surface area contributed by atoms with Crippen molar-refractivity contribution in [2.45, 2.75) is 18.2 Å². The van der Waals surface area contributed by atoms with Crippen molar-refractivity contribution in [1.29, 1.82) is 0 Å². The molecule has 1 aliphatic rings. The Labute approximate surface area is 130 Å². The van der Waals surface area contributed by atoms with Crippen LogP contribution in [0.5, 0.6) is 0 Å². The molecule has 4 nitrogen and oxygen atoms in total. The number of ether oxygens (including phenoxy) is 1. The number of amides is 1. The summed E-state index contributed by atoms with van der Waals surface area (Å²) in [6.45, 7) is 2.16. The van der Waals surface area contributed by atoms with Gasteiger partial charge in [0.25, 0.3) is 0 Å². The maximum atomic E-state index is 11.9. The standard InChI is InChI=1S/C14H20N2O2S.ClH/c1-19-10-11-2-4-12(5-3-11)16-14(17)8-13-9-18-7-6-15-13;/h2-5,13,15H,6-10H2,1H3,(H,16,17);1H. The van der Waals surface area contributed by atoms with Gasteiger partial charge in [-0.3, -0.25) is 4.79 Å². The van der Waals surface area contributed by atoms with Gasteiger partial charge in [-0.05, 0) is 24.0 Å². The van der Waals surface area contributed by atoms with Gasteiger partial charge in [-0.15, -0.1) is 12.4 Å². The van der Waals surface area contributed by atoms with Crippen molar-refractivity contribution in [2.75, 3.05) is 31.3 Å². The summed E-state index contributed by atoms with van der Waals surface area (Å²) in [5, 5.41) is 6.19. The summed E-state index contributed by atoms with van der Waals surface area (Å²) in [7, 11) is 0. The Hall–Kier alpha value is -0.750. The molecule has 1 aromatic rings. The van der Waals surface area contributed by atoms with Crippen LogP contribution in [0.25, 0.3) is 0 Å². The van der Waals surface area contributed by atoms with Crippen LogP contribution in [0, 0.1) is 0 Å². The molecular formula is C14H21ClN2O2S. The lowest BCUT2D eigenvalue weighted by Crippen LogP contribution is -2.43. The van der Waals surface area contributed by atoms with Crippen LogP contribution in [0.3, 0.4) is 0 Å². The van der Waals surface area contributed by atoms with Crippen LogP contribution in [0.2, 0.25) is 0 Å². The summed E-state index contributed by atoms with van der Waals surface area (Å²) >= 11 is 1.79. The number of carbonyl (C=O) groups is 1. The third-order valence-electron chi connectivity index (χ3n) is 2.98. The van der Waals surface area contributed by atoms with E-state index >= 15 is 0 Å². The van der Waals surface area contributed by atoms with Crippen LogP contribution in [0.4, 0.5) is 5.69 Å². The molecule has 0 aromatic heterocycles. The minimum atomic E-state index is 0. The van der Waals surface area contributed by atoms with Crippen LogP contribution >= 0.6 is 24.2 Å². The van der Waals surface area contributed by atoms with Gasteiger partial charge >= 0.3 is 0 Å².